The summed E-state index contributed by atoms with van der Waals surface area (Å²) in [6.45, 7) is 4.55. The minimum atomic E-state index is -0.631. The lowest BCUT2D eigenvalue weighted by molar-refractivity contribution is -0.121. The number of amides is 3. The number of anilines is 1. The molecule has 0 spiro atoms. The Bertz CT molecular complexity index is 809. The van der Waals surface area contributed by atoms with E-state index in [1.165, 1.54) is 5.69 Å². The predicted octanol–water partition coefficient (Wildman–Crippen LogP) is 2.74. The van der Waals surface area contributed by atoms with Crippen molar-refractivity contribution in [3.05, 3.63) is 65.7 Å². The van der Waals surface area contributed by atoms with Crippen LogP contribution in [0.15, 0.2) is 54.6 Å². The monoisotopic (exact) mass is 380 g/mol. The topological polar surface area (TPSA) is 87.5 Å². The highest BCUT2D eigenvalue weighted by atomic mass is 16.2. The molecule has 0 aliphatic carbocycles. The van der Waals surface area contributed by atoms with Gasteiger partial charge in [0, 0.05) is 25.3 Å². The molecule has 2 aromatic rings. The van der Waals surface area contributed by atoms with Crippen molar-refractivity contribution < 1.29 is 9.59 Å². The summed E-state index contributed by atoms with van der Waals surface area (Å²) in [4.78, 5) is 26.2. The van der Waals surface area contributed by atoms with Crippen LogP contribution in [0.2, 0.25) is 0 Å². The second-order valence-electron chi connectivity index (χ2n) is 7.42. The smallest absolute Gasteiger partial charge is 0.312 e. The zero-order chi connectivity index (χ0) is 19.9. The van der Waals surface area contributed by atoms with Crippen LogP contribution in [0.5, 0.6) is 0 Å². The van der Waals surface area contributed by atoms with Crippen LogP contribution in [-0.4, -0.2) is 31.6 Å². The van der Waals surface area contributed by atoms with Crippen molar-refractivity contribution in [3.63, 3.8) is 0 Å². The van der Waals surface area contributed by atoms with Gasteiger partial charge in [-0.1, -0.05) is 48.0 Å². The van der Waals surface area contributed by atoms with Crippen molar-refractivity contribution in [1.29, 1.82) is 0 Å². The van der Waals surface area contributed by atoms with Gasteiger partial charge in [-0.2, -0.15) is 0 Å². The SMILES string of the molecule is Cc1cccc(C(CC(=O)NCC2CCN(c3ccccc3)C2)NC(N)=O)c1. The Hall–Kier alpha value is -3.02. The number of nitrogens with two attached hydrogens (primary N) is 1. The first-order chi connectivity index (χ1) is 13.5. The van der Waals surface area contributed by atoms with Crippen molar-refractivity contribution >= 4 is 17.6 Å². The average molecular weight is 380 g/mol. The molecule has 1 saturated heterocycles. The summed E-state index contributed by atoms with van der Waals surface area (Å²) >= 11 is 0. The highest BCUT2D eigenvalue weighted by Crippen LogP contribution is 2.23. The third-order valence-corrected chi connectivity index (χ3v) is 5.15. The second kappa shape index (κ2) is 9.26. The Labute approximate surface area is 166 Å². The largest absolute Gasteiger partial charge is 0.371 e. The third-order valence-electron chi connectivity index (χ3n) is 5.15. The first-order valence-electron chi connectivity index (χ1n) is 9.70. The average Bonchev–Trinajstić information content (AvgIpc) is 3.15. The molecular weight excluding hydrogens is 352 g/mol. The van der Waals surface area contributed by atoms with E-state index in [0.29, 0.717) is 12.5 Å². The van der Waals surface area contributed by atoms with Crippen LogP contribution in [0.1, 0.15) is 30.0 Å². The molecule has 2 atom stereocenters. The first kappa shape index (κ1) is 19.7. The number of nitrogens with zero attached hydrogens (tertiary/aromatic N) is 1. The summed E-state index contributed by atoms with van der Waals surface area (Å²) in [5, 5.41) is 5.71. The van der Waals surface area contributed by atoms with Gasteiger partial charge in [0.15, 0.2) is 0 Å². The number of urea groups is 1. The fourth-order valence-electron chi connectivity index (χ4n) is 3.70. The number of aryl methyl sites for hydroxylation is 1. The minimum absolute atomic E-state index is 0.0848. The van der Waals surface area contributed by atoms with E-state index in [9.17, 15) is 9.59 Å². The number of hydrogen-bond acceptors (Lipinski definition) is 3. The number of nitrogens with one attached hydrogen (secondary N) is 2. The quantitative estimate of drug-likeness (QED) is 0.690. The maximum atomic E-state index is 12.5. The Kier molecular flexibility index (Phi) is 6.53. The van der Waals surface area contributed by atoms with Crippen molar-refractivity contribution in [3.8, 4) is 0 Å². The van der Waals surface area contributed by atoms with Gasteiger partial charge in [0.05, 0.1) is 12.5 Å². The zero-order valence-corrected chi connectivity index (χ0v) is 16.2. The van der Waals surface area contributed by atoms with Crippen molar-refractivity contribution in [2.24, 2.45) is 11.7 Å². The van der Waals surface area contributed by atoms with Gasteiger partial charge in [-0.05, 0) is 37.0 Å². The molecule has 0 bridgehead atoms. The number of primary amides is 1. The molecule has 0 radical (unpaired) electrons. The molecule has 6 heteroatoms. The van der Waals surface area contributed by atoms with Crippen LogP contribution in [0.25, 0.3) is 0 Å². The van der Waals surface area contributed by atoms with E-state index >= 15 is 0 Å². The molecule has 0 aromatic heterocycles. The number of carbonyl (C=O) groups is 2. The fraction of sp³-hybridized carbons (Fsp3) is 0.364. The van der Waals surface area contributed by atoms with Gasteiger partial charge in [-0.3, -0.25) is 4.79 Å². The van der Waals surface area contributed by atoms with Crippen LogP contribution in [-0.2, 0) is 4.79 Å². The molecule has 148 valence electrons. The van der Waals surface area contributed by atoms with E-state index in [-0.39, 0.29) is 12.3 Å². The normalized spacial score (nSPS) is 17.2. The summed E-state index contributed by atoms with van der Waals surface area (Å²) in [7, 11) is 0. The molecule has 1 heterocycles. The van der Waals surface area contributed by atoms with Gasteiger partial charge >= 0.3 is 6.03 Å². The summed E-state index contributed by atoms with van der Waals surface area (Å²) in [6, 6.07) is 17.0. The lowest BCUT2D eigenvalue weighted by Gasteiger charge is -2.20. The summed E-state index contributed by atoms with van der Waals surface area (Å²) in [5.74, 6) is 0.337. The van der Waals surface area contributed by atoms with Crippen LogP contribution < -0.4 is 21.3 Å². The molecular formula is C22H28N4O2. The molecule has 1 aliphatic heterocycles. The Balaban J connectivity index is 1.51. The van der Waals surface area contributed by atoms with Gasteiger partial charge in [0.25, 0.3) is 0 Å². The van der Waals surface area contributed by atoms with Crippen molar-refractivity contribution in [2.75, 3.05) is 24.5 Å². The van der Waals surface area contributed by atoms with Gasteiger partial charge < -0.3 is 21.3 Å². The third kappa shape index (κ3) is 5.49. The maximum Gasteiger partial charge on any atom is 0.312 e. The molecule has 6 nitrogen and oxygen atoms in total. The highest BCUT2D eigenvalue weighted by molar-refractivity contribution is 5.78. The van der Waals surface area contributed by atoms with E-state index in [0.717, 1.165) is 30.6 Å². The molecule has 2 aromatic carbocycles. The van der Waals surface area contributed by atoms with Crippen LogP contribution in [0.4, 0.5) is 10.5 Å². The molecule has 1 aliphatic rings. The van der Waals surface area contributed by atoms with Gasteiger partial charge in [-0.15, -0.1) is 0 Å². The lowest BCUT2D eigenvalue weighted by atomic mass is 10.0. The van der Waals surface area contributed by atoms with E-state index in [1.807, 2.05) is 49.4 Å². The number of carbonyl (C=O) groups excluding carboxylic acids is 2. The van der Waals surface area contributed by atoms with E-state index in [4.69, 9.17) is 5.73 Å². The summed E-state index contributed by atoms with van der Waals surface area (Å²) < 4.78 is 0. The first-order valence-corrected chi connectivity index (χ1v) is 9.70. The molecule has 28 heavy (non-hydrogen) atoms. The number of hydrogen-bond donors (Lipinski definition) is 3. The second-order valence-corrected chi connectivity index (χ2v) is 7.42. The maximum absolute atomic E-state index is 12.5. The van der Waals surface area contributed by atoms with E-state index in [1.54, 1.807) is 0 Å². The summed E-state index contributed by atoms with van der Waals surface area (Å²) in [5.41, 5.74) is 8.48. The number of rotatable bonds is 7. The molecule has 2 unspecified atom stereocenters. The van der Waals surface area contributed by atoms with Gasteiger partial charge in [-0.25, -0.2) is 4.79 Å². The molecule has 3 amide bonds. The van der Waals surface area contributed by atoms with Crippen LogP contribution in [0, 0.1) is 12.8 Å². The van der Waals surface area contributed by atoms with Crippen LogP contribution >= 0.6 is 0 Å². The number of benzene rings is 2. The number of para-hydroxylation sites is 1. The Morgan fingerprint density at radius 3 is 2.68 bits per heavy atom. The van der Waals surface area contributed by atoms with Crippen LogP contribution in [0.3, 0.4) is 0 Å². The predicted molar refractivity (Wildman–Crippen MR) is 111 cm³/mol. The fourth-order valence-corrected chi connectivity index (χ4v) is 3.70. The zero-order valence-electron chi connectivity index (χ0n) is 16.2. The standard InChI is InChI=1S/C22H28N4O2/c1-16-6-5-7-18(12-16)20(25-22(23)28)13-21(27)24-14-17-10-11-26(15-17)19-8-3-2-4-9-19/h2-9,12,17,20H,10-11,13-15H2,1H3,(H,24,27)(H3,23,25,28). The van der Waals surface area contributed by atoms with Crippen molar-refractivity contribution in [1.82, 2.24) is 10.6 Å². The molecule has 4 N–H and O–H groups in total. The highest BCUT2D eigenvalue weighted by Gasteiger charge is 2.24. The van der Waals surface area contributed by atoms with E-state index < -0.39 is 12.1 Å². The van der Waals surface area contributed by atoms with E-state index in [2.05, 4.69) is 27.7 Å². The molecule has 0 saturated carbocycles. The lowest BCUT2D eigenvalue weighted by Crippen LogP contribution is -2.38. The molecule has 3 rings (SSSR count). The minimum Gasteiger partial charge on any atom is -0.371 e. The molecule has 1 fully saturated rings. The van der Waals surface area contributed by atoms with Gasteiger partial charge in [0.2, 0.25) is 5.91 Å². The summed E-state index contributed by atoms with van der Waals surface area (Å²) in [6.07, 6.45) is 1.22. The Morgan fingerprint density at radius 2 is 1.96 bits per heavy atom. The Morgan fingerprint density at radius 1 is 1.18 bits per heavy atom. The van der Waals surface area contributed by atoms with Gasteiger partial charge in [0.1, 0.15) is 0 Å². The van der Waals surface area contributed by atoms with Crippen molar-refractivity contribution in [2.45, 2.75) is 25.8 Å².